The lowest BCUT2D eigenvalue weighted by Gasteiger charge is -1.98. The normalized spacial score (nSPS) is 11.8. The van der Waals surface area contributed by atoms with E-state index in [4.69, 9.17) is 14.9 Å². The molecule has 0 spiro atoms. The maximum atomic E-state index is 10.3. The van der Waals surface area contributed by atoms with Gasteiger partial charge < -0.3 is 14.9 Å². The summed E-state index contributed by atoms with van der Waals surface area (Å²) in [7, 11) is -4.41. The van der Waals surface area contributed by atoms with E-state index in [0.717, 1.165) is 6.20 Å². The lowest BCUT2D eigenvalue weighted by molar-refractivity contribution is 0.353. The Labute approximate surface area is 55.1 Å². The second kappa shape index (κ2) is 2.05. The number of nitrogens with zero attached hydrogens (tertiary/aromatic N) is 3. The quantitative estimate of drug-likeness (QED) is 0.457. The van der Waals surface area contributed by atoms with Crippen LogP contribution in [-0.2, 0) is 4.57 Å². The van der Waals surface area contributed by atoms with Crippen LogP contribution in [0.4, 0.5) is 0 Å². The van der Waals surface area contributed by atoms with Crippen molar-refractivity contribution in [3.05, 3.63) is 6.20 Å². The first-order chi connectivity index (χ1) is 4.50. The van der Waals surface area contributed by atoms with E-state index in [2.05, 4.69) is 10.3 Å². The molecule has 0 bridgehead atoms. The topological polar surface area (TPSA) is 108 Å². The van der Waals surface area contributed by atoms with Crippen molar-refractivity contribution < 1.29 is 19.5 Å². The van der Waals surface area contributed by atoms with Crippen LogP contribution in [0, 0.1) is 0 Å². The van der Waals surface area contributed by atoms with Crippen LogP contribution in [0.25, 0.3) is 0 Å². The highest BCUT2D eigenvalue weighted by molar-refractivity contribution is 7.49. The van der Waals surface area contributed by atoms with E-state index in [0.29, 0.717) is 0 Å². The van der Waals surface area contributed by atoms with Crippen LogP contribution in [0.3, 0.4) is 0 Å². The second-order valence-electron chi connectivity index (χ2n) is 1.51. The number of rotatable bonds is 1. The molecule has 0 aromatic carbocycles. The molecule has 1 heterocycles. The molecule has 1 rings (SSSR count). The zero-order chi connectivity index (χ0) is 7.78. The highest BCUT2D eigenvalue weighted by Gasteiger charge is 2.17. The van der Waals surface area contributed by atoms with Crippen molar-refractivity contribution in [3.8, 4) is 5.88 Å². The van der Waals surface area contributed by atoms with Crippen LogP contribution >= 0.6 is 7.75 Å². The van der Waals surface area contributed by atoms with Crippen molar-refractivity contribution in [3.63, 3.8) is 0 Å². The Morgan fingerprint density at radius 2 is 2.20 bits per heavy atom. The van der Waals surface area contributed by atoms with E-state index in [1.54, 1.807) is 0 Å². The number of hydrogen-bond acceptors (Lipinski definition) is 4. The summed E-state index contributed by atoms with van der Waals surface area (Å²) in [6.07, 6.45) is 0.737. The lowest BCUT2D eigenvalue weighted by atomic mass is 10.9. The summed E-state index contributed by atoms with van der Waals surface area (Å²) in [5.74, 6) is -0.525. The fraction of sp³-hybridized carbons (Fsp3) is 0. The molecule has 1 aromatic rings. The molecule has 8 heteroatoms. The van der Waals surface area contributed by atoms with Gasteiger partial charge in [0.15, 0.2) is 0 Å². The monoisotopic (exact) mass is 165 g/mol. The van der Waals surface area contributed by atoms with Gasteiger partial charge in [-0.3, -0.25) is 0 Å². The third-order valence-corrected chi connectivity index (χ3v) is 1.47. The smallest absolute Gasteiger partial charge is 0.451 e. The largest absolute Gasteiger partial charge is 0.491 e. The molecule has 0 saturated heterocycles. The predicted molar refractivity (Wildman–Crippen MR) is 29.1 cm³/mol. The standard InChI is InChI=1S/C2H4N3O4P/c6-2-1-5(4-3-2)10(7,8)9/h1,6H,(H2,7,8,9). The molecule has 0 radical (unpaired) electrons. The van der Waals surface area contributed by atoms with E-state index in [1.807, 2.05) is 0 Å². The summed E-state index contributed by atoms with van der Waals surface area (Å²) >= 11 is 0. The molecule has 0 atom stereocenters. The molecule has 0 fully saturated rings. The van der Waals surface area contributed by atoms with E-state index in [9.17, 15) is 4.57 Å². The predicted octanol–water partition coefficient (Wildman–Crippen LogP) is -1.08. The van der Waals surface area contributed by atoms with Crippen LogP contribution in [0.15, 0.2) is 6.20 Å². The molecular weight excluding hydrogens is 161 g/mol. The molecule has 10 heavy (non-hydrogen) atoms. The van der Waals surface area contributed by atoms with Crippen LogP contribution in [0.5, 0.6) is 5.88 Å². The van der Waals surface area contributed by atoms with Crippen molar-refractivity contribution in [2.24, 2.45) is 0 Å². The fourth-order valence-corrected chi connectivity index (χ4v) is 0.772. The molecule has 0 aliphatic heterocycles. The minimum atomic E-state index is -4.41. The van der Waals surface area contributed by atoms with E-state index in [1.165, 1.54) is 0 Å². The van der Waals surface area contributed by atoms with Gasteiger partial charge in [0.2, 0.25) is 0 Å². The van der Waals surface area contributed by atoms with Gasteiger partial charge in [-0.05, 0) is 0 Å². The van der Waals surface area contributed by atoms with E-state index < -0.39 is 13.6 Å². The maximum Gasteiger partial charge on any atom is 0.451 e. The van der Waals surface area contributed by atoms with Gasteiger partial charge in [-0.2, -0.15) is 4.45 Å². The first-order valence-electron chi connectivity index (χ1n) is 2.18. The van der Waals surface area contributed by atoms with Crippen molar-refractivity contribution in [2.45, 2.75) is 0 Å². The molecule has 0 amide bonds. The van der Waals surface area contributed by atoms with Crippen molar-refractivity contribution >= 4 is 7.75 Å². The van der Waals surface area contributed by atoms with Crippen LogP contribution < -0.4 is 0 Å². The van der Waals surface area contributed by atoms with Gasteiger partial charge in [0.05, 0.1) is 0 Å². The third-order valence-electron chi connectivity index (χ3n) is 0.737. The summed E-state index contributed by atoms with van der Waals surface area (Å²) < 4.78 is 10.6. The molecule has 0 saturated carbocycles. The molecule has 0 aliphatic carbocycles. The maximum absolute atomic E-state index is 10.3. The Kier molecular flexibility index (Phi) is 1.47. The van der Waals surface area contributed by atoms with E-state index in [-0.39, 0.29) is 4.45 Å². The minimum absolute atomic E-state index is 0.280. The molecule has 0 unspecified atom stereocenters. The van der Waals surface area contributed by atoms with Gasteiger partial charge in [0, 0.05) is 0 Å². The van der Waals surface area contributed by atoms with Gasteiger partial charge in [-0.1, -0.05) is 10.3 Å². The SMILES string of the molecule is O=P(O)(O)n1cc(O)nn1. The highest BCUT2D eigenvalue weighted by Crippen LogP contribution is 2.35. The first-order valence-corrected chi connectivity index (χ1v) is 3.74. The Morgan fingerprint density at radius 1 is 1.60 bits per heavy atom. The average molecular weight is 165 g/mol. The summed E-state index contributed by atoms with van der Waals surface area (Å²) in [4.78, 5) is 16.7. The first kappa shape index (κ1) is 7.20. The van der Waals surface area contributed by atoms with Gasteiger partial charge in [-0.25, -0.2) is 4.57 Å². The fourth-order valence-electron chi connectivity index (χ4n) is 0.374. The minimum Gasteiger partial charge on any atom is -0.491 e. The summed E-state index contributed by atoms with van der Waals surface area (Å²) in [5, 5.41) is 14.4. The van der Waals surface area contributed by atoms with Crippen LogP contribution in [0.2, 0.25) is 0 Å². The molecule has 7 nitrogen and oxygen atoms in total. The Morgan fingerprint density at radius 3 is 2.40 bits per heavy atom. The zero-order valence-corrected chi connectivity index (χ0v) is 5.51. The average Bonchev–Trinajstić information content (AvgIpc) is 2.11. The van der Waals surface area contributed by atoms with Gasteiger partial charge in [0.1, 0.15) is 6.20 Å². The molecule has 56 valence electrons. The van der Waals surface area contributed by atoms with Crippen LogP contribution in [-0.4, -0.2) is 29.7 Å². The Balaban J connectivity index is 3.08. The highest BCUT2D eigenvalue weighted by atomic mass is 31.2. The zero-order valence-electron chi connectivity index (χ0n) is 4.62. The lowest BCUT2D eigenvalue weighted by Crippen LogP contribution is -1.94. The Bertz CT molecular complexity index is 276. The van der Waals surface area contributed by atoms with Gasteiger partial charge in [-0.15, -0.1) is 0 Å². The number of hydrogen-bond donors (Lipinski definition) is 3. The van der Waals surface area contributed by atoms with Crippen molar-refractivity contribution in [1.82, 2.24) is 14.8 Å². The summed E-state index contributed by atoms with van der Waals surface area (Å²) in [6, 6.07) is 0. The molecular formula is C2H4N3O4P. The number of aromatic hydroxyl groups is 1. The third kappa shape index (κ3) is 1.32. The van der Waals surface area contributed by atoms with Crippen LogP contribution in [0.1, 0.15) is 0 Å². The Hall–Kier alpha value is -0.910. The number of aromatic nitrogens is 3. The summed E-state index contributed by atoms with van der Waals surface area (Å²) in [6.45, 7) is 0. The van der Waals surface area contributed by atoms with Crippen molar-refractivity contribution in [2.75, 3.05) is 0 Å². The molecule has 1 aromatic heterocycles. The molecule has 3 N–H and O–H groups in total. The van der Waals surface area contributed by atoms with Gasteiger partial charge in [0.25, 0.3) is 5.88 Å². The van der Waals surface area contributed by atoms with Gasteiger partial charge >= 0.3 is 7.75 Å². The second-order valence-corrected chi connectivity index (χ2v) is 2.95. The van der Waals surface area contributed by atoms with E-state index >= 15 is 0 Å². The molecule has 0 aliphatic rings. The van der Waals surface area contributed by atoms with Crippen molar-refractivity contribution in [1.29, 1.82) is 0 Å². The summed E-state index contributed by atoms with van der Waals surface area (Å²) in [5.41, 5.74) is 0.